The first-order chi connectivity index (χ1) is 15.7. The Bertz CT molecular complexity index is 1120. The lowest BCUT2D eigenvalue weighted by Gasteiger charge is -2.40. The largest absolute Gasteiger partial charge is 0.481 e. The highest BCUT2D eigenvalue weighted by atomic mass is 79.9. The number of nitrogens with zero attached hydrogens (tertiary/aromatic N) is 2. The van der Waals surface area contributed by atoms with Crippen LogP contribution >= 0.6 is 27.5 Å². The molecule has 7 heteroatoms. The Morgan fingerprint density at radius 3 is 2.36 bits per heavy atom. The number of aliphatic hydroxyl groups is 1. The van der Waals surface area contributed by atoms with E-state index in [0.29, 0.717) is 23.6 Å². The van der Waals surface area contributed by atoms with Crippen LogP contribution in [0.15, 0.2) is 65.1 Å². The third-order valence-corrected chi connectivity index (χ3v) is 6.89. The van der Waals surface area contributed by atoms with Gasteiger partial charge in [0.05, 0.1) is 12.7 Å². The summed E-state index contributed by atoms with van der Waals surface area (Å²) in [5.74, 6) is 0.779. The number of ether oxygens (including phenoxy) is 2. The van der Waals surface area contributed by atoms with Crippen LogP contribution < -0.4 is 9.47 Å². The van der Waals surface area contributed by atoms with E-state index in [1.807, 2.05) is 68.5 Å². The van der Waals surface area contributed by atoms with Crippen LogP contribution in [0.25, 0.3) is 0 Å². The highest BCUT2D eigenvalue weighted by Crippen LogP contribution is 2.68. The molecule has 5 nitrogen and oxygen atoms in total. The van der Waals surface area contributed by atoms with Crippen molar-refractivity contribution in [1.29, 1.82) is 0 Å². The monoisotopic (exact) mass is 530 g/mol. The zero-order chi connectivity index (χ0) is 23.8. The Morgan fingerprint density at radius 1 is 1.12 bits per heavy atom. The molecule has 3 unspecified atom stereocenters. The highest BCUT2D eigenvalue weighted by Gasteiger charge is 2.69. The number of halogens is 2. The molecule has 5 rings (SSSR count). The maximum Gasteiger partial charge on any atom is 0.224 e. The predicted octanol–water partition coefficient (Wildman–Crippen LogP) is 5.74. The average Bonchev–Trinajstić information content (AvgIpc) is 3.20. The Labute approximate surface area is 208 Å². The summed E-state index contributed by atoms with van der Waals surface area (Å²) >= 11 is 9.72. The summed E-state index contributed by atoms with van der Waals surface area (Å²) in [6.45, 7) is 0. The quantitative estimate of drug-likeness (QED) is 0.437. The first-order valence-electron chi connectivity index (χ1n) is 10.8. The smallest absolute Gasteiger partial charge is 0.224 e. The Morgan fingerprint density at radius 2 is 1.76 bits per heavy atom. The number of methoxy groups -OCH3 is 1. The predicted molar refractivity (Wildman–Crippen MR) is 134 cm³/mol. The molecule has 0 bridgehead atoms. The van der Waals surface area contributed by atoms with Crippen LogP contribution in [-0.4, -0.2) is 43.2 Å². The van der Waals surface area contributed by atoms with E-state index in [0.717, 1.165) is 22.0 Å². The molecule has 2 aromatic carbocycles. The molecule has 1 fully saturated rings. The third kappa shape index (κ3) is 4.03. The second kappa shape index (κ2) is 9.26. The number of benzene rings is 2. The Balaban J connectivity index is 0.000000601. The van der Waals surface area contributed by atoms with Gasteiger partial charge in [-0.3, -0.25) is 0 Å². The number of fused-ring (bicyclic) bond motifs is 3. The van der Waals surface area contributed by atoms with Gasteiger partial charge in [0.2, 0.25) is 5.88 Å². The summed E-state index contributed by atoms with van der Waals surface area (Å²) in [6, 6.07) is 19.8. The van der Waals surface area contributed by atoms with E-state index in [-0.39, 0.29) is 11.1 Å². The highest BCUT2D eigenvalue weighted by molar-refractivity contribution is 9.10. The second-order valence-corrected chi connectivity index (χ2v) is 10.2. The van der Waals surface area contributed by atoms with Crippen LogP contribution in [-0.2, 0) is 11.2 Å². The Kier molecular flexibility index (Phi) is 6.74. The molecule has 0 saturated heterocycles. The fourth-order valence-electron chi connectivity index (χ4n) is 5.03. The molecule has 0 radical (unpaired) electrons. The molecular formula is C26H28BrClN2O3. The van der Waals surface area contributed by atoms with Crippen molar-refractivity contribution >= 4 is 27.5 Å². The minimum absolute atomic E-state index is 0.0502. The van der Waals surface area contributed by atoms with Crippen LogP contribution in [0.5, 0.6) is 11.6 Å². The summed E-state index contributed by atoms with van der Waals surface area (Å²) in [5, 5.41) is 12.5. The number of hydrogen-bond acceptors (Lipinski definition) is 5. The van der Waals surface area contributed by atoms with Crippen molar-refractivity contribution in [2.24, 2.45) is 0 Å². The van der Waals surface area contributed by atoms with Crippen molar-refractivity contribution in [2.45, 2.75) is 30.0 Å². The van der Waals surface area contributed by atoms with Gasteiger partial charge in [-0.1, -0.05) is 70.0 Å². The SMILES string of the molecule is CN(C)C.COc1nc(Cl)cc2c1C1(O)CCC(c3ccccc3)C1(c1ccc(Br)cc1)O2. The molecule has 1 aliphatic heterocycles. The molecule has 2 aliphatic rings. The van der Waals surface area contributed by atoms with Gasteiger partial charge in [-0.15, -0.1) is 0 Å². The van der Waals surface area contributed by atoms with E-state index >= 15 is 0 Å². The van der Waals surface area contributed by atoms with Gasteiger partial charge in [-0.2, -0.15) is 0 Å². The van der Waals surface area contributed by atoms with Gasteiger partial charge in [0, 0.05) is 16.5 Å². The summed E-state index contributed by atoms with van der Waals surface area (Å²) in [6.07, 6.45) is 1.29. The van der Waals surface area contributed by atoms with Gasteiger partial charge in [-0.25, -0.2) is 4.98 Å². The zero-order valence-corrected chi connectivity index (χ0v) is 21.5. The molecule has 1 aliphatic carbocycles. The maximum absolute atomic E-state index is 12.2. The zero-order valence-electron chi connectivity index (χ0n) is 19.2. The molecular weight excluding hydrogens is 504 g/mol. The second-order valence-electron chi connectivity index (χ2n) is 8.88. The number of rotatable bonds is 3. The van der Waals surface area contributed by atoms with Crippen molar-refractivity contribution in [2.75, 3.05) is 28.3 Å². The fraction of sp³-hybridized carbons (Fsp3) is 0.346. The van der Waals surface area contributed by atoms with Gasteiger partial charge < -0.3 is 19.5 Å². The molecule has 3 atom stereocenters. The summed E-state index contributed by atoms with van der Waals surface area (Å²) in [4.78, 5) is 6.30. The molecule has 1 aromatic heterocycles. The maximum atomic E-state index is 12.2. The van der Waals surface area contributed by atoms with Crippen molar-refractivity contribution in [3.8, 4) is 11.6 Å². The van der Waals surface area contributed by atoms with Crippen LogP contribution in [0.4, 0.5) is 0 Å². The standard InChI is InChI=1S/C23H19BrClNO3.C3H9N/c1-28-21-20-18(13-19(25)26-21)29-23(15-7-9-16(24)10-8-15)17(11-12-22(20,23)27)14-5-3-2-4-6-14;1-4(2)3/h2-10,13,17,27H,11-12H2,1H3;1-3H3. The number of pyridine rings is 1. The summed E-state index contributed by atoms with van der Waals surface area (Å²) in [7, 11) is 7.53. The van der Waals surface area contributed by atoms with Crippen LogP contribution in [0.3, 0.4) is 0 Å². The van der Waals surface area contributed by atoms with Crippen molar-refractivity contribution in [3.05, 3.63) is 87.0 Å². The molecule has 174 valence electrons. The topological polar surface area (TPSA) is 54.8 Å². The van der Waals surface area contributed by atoms with E-state index in [1.165, 1.54) is 7.11 Å². The molecule has 0 spiro atoms. The van der Waals surface area contributed by atoms with Crippen LogP contribution in [0, 0.1) is 0 Å². The Hall–Kier alpha value is -2.12. The minimum atomic E-state index is -1.29. The van der Waals surface area contributed by atoms with E-state index in [1.54, 1.807) is 6.07 Å². The normalized spacial score (nSPS) is 25.0. The van der Waals surface area contributed by atoms with Crippen molar-refractivity contribution in [3.63, 3.8) is 0 Å². The third-order valence-electron chi connectivity index (χ3n) is 6.17. The number of aromatic nitrogens is 1. The van der Waals surface area contributed by atoms with Crippen molar-refractivity contribution in [1.82, 2.24) is 9.88 Å². The van der Waals surface area contributed by atoms with E-state index in [4.69, 9.17) is 21.1 Å². The van der Waals surface area contributed by atoms with E-state index in [2.05, 4.69) is 33.0 Å². The summed E-state index contributed by atoms with van der Waals surface area (Å²) < 4.78 is 13.1. The van der Waals surface area contributed by atoms with E-state index < -0.39 is 11.2 Å². The van der Waals surface area contributed by atoms with Crippen LogP contribution in [0.2, 0.25) is 5.15 Å². The fourth-order valence-corrected chi connectivity index (χ4v) is 5.47. The molecule has 1 saturated carbocycles. The van der Waals surface area contributed by atoms with Gasteiger partial charge >= 0.3 is 0 Å². The lowest BCUT2D eigenvalue weighted by atomic mass is 9.72. The molecule has 3 aromatic rings. The van der Waals surface area contributed by atoms with Gasteiger partial charge in [0.1, 0.15) is 16.5 Å². The van der Waals surface area contributed by atoms with Crippen molar-refractivity contribution < 1.29 is 14.6 Å². The molecule has 2 heterocycles. The number of hydrogen-bond donors (Lipinski definition) is 1. The average molecular weight is 532 g/mol. The summed E-state index contributed by atoms with van der Waals surface area (Å²) in [5.41, 5.74) is 0.309. The first kappa shape index (κ1) is 24.0. The minimum Gasteiger partial charge on any atom is -0.481 e. The van der Waals surface area contributed by atoms with Gasteiger partial charge in [0.25, 0.3) is 0 Å². The van der Waals surface area contributed by atoms with Gasteiger partial charge in [-0.05, 0) is 57.2 Å². The van der Waals surface area contributed by atoms with E-state index in [9.17, 15) is 5.11 Å². The van der Waals surface area contributed by atoms with Crippen LogP contribution in [0.1, 0.15) is 35.4 Å². The molecule has 1 N–H and O–H groups in total. The first-order valence-corrected chi connectivity index (χ1v) is 12.0. The lowest BCUT2D eigenvalue weighted by molar-refractivity contribution is -0.106. The van der Waals surface area contributed by atoms with Gasteiger partial charge in [0.15, 0.2) is 5.60 Å². The lowest BCUT2D eigenvalue weighted by Crippen LogP contribution is -2.48. The molecule has 33 heavy (non-hydrogen) atoms. The molecule has 0 amide bonds.